The predicted octanol–water partition coefficient (Wildman–Crippen LogP) is 3.42. The molecule has 0 unspecified atom stereocenters. The SMILES string of the molecule is Cc1ccc(S(=O)(=O)On2c(C=Cc3cccs3)cc(C)c([N+](=O)[O-])c2=O)cc1. The maximum absolute atomic E-state index is 12.7. The van der Waals surface area contributed by atoms with E-state index in [-0.39, 0.29) is 16.2 Å². The summed E-state index contributed by atoms with van der Waals surface area (Å²) in [5, 5.41) is 13.1. The number of nitrogens with zero attached hydrogens (tertiary/aromatic N) is 2. The molecule has 10 heteroatoms. The first-order valence-corrected chi connectivity index (χ1v) is 10.6. The highest BCUT2D eigenvalue weighted by atomic mass is 32.2. The van der Waals surface area contributed by atoms with Crippen molar-refractivity contribution < 1.29 is 17.6 Å². The molecule has 0 aliphatic carbocycles. The molecule has 2 aromatic heterocycles. The smallest absolute Gasteiger partial charge is 0.280 e. The Labute approximate surface area is 170 Å². The van der Waals surface area contributed by atoms with Crippen LogP contribution < -0.4 is 9.84 Å². The van der Waals surface area contributed by atoms with Gasteiger partial charge in [0.2, 0.25) is 0 Å². The summed E-state index contributed by atoms with van der Waals surface area (Å²) < 4.78 is 30.7. The van der Waals surface area contributed by atoms with Gasteiger partial charge in [-0.15, -0.1) is 16.1 Å². The lowest BCUT2D eigenvalue weighted by molar-refractivity contribution is -0.387. The molecular weight excluding hydrogens is 416 g/mol. The second kappa shape index (κ2) is 8.02. The number of thiophene rings is 1. The first-order valence-electron chi connectivity index (χ1n) is 8.33. The van der Waals surface area contributed by atoms with E-state index in [1.54, 1.807) is 25.1 Å². The van der Waals surface area contributed by atoms with Gasteiger partial charge in [-0.2, -0.15) is 8.42 Å². The van der Waals surface area contributed by atoms with Crippen LogP contribution in [-0.4, -0.2) is 18.1 Å². The van der Waals surface area contributed by atoms with E-state index in [1.165, 1.54) is 42.5 Å². The molecule has 8 nitrogen and oxygen atoms in total. The molecule has 1 aromatic carbocycles. The van der Waals surface area contributed by atoms with Gasteiger partial charge in [0.15, 0.2) is 0 Å². The van der Waals surface area contributed by atoms with Crippen molar-refractivity contribution in [1.82, 2.24) is 4.73 Å². The molecule has 0 spiro atoms. The lowest BCUT2D eigenvalue weighted by Crippen LogP contribution is -2.34. The van der Waals surface area contributed by atoms with Gasteiger partial charge in [0.25, 0.3) is 0 Å². The predicted molar refractivity (Wildman–Crippen MR) is 110 cm³/mol. The first-order chi connectivity index (χ1) is 13.7. The van der Waals surface area contributed by atoms with Crippen molar-refractivity contribution in [2.75, 3.05) is 0 Å². The Morgan fingerprint density at radius 1 is 1.14 bits per heavy atom. The standard InChI is InChI=1S/C19H16N2O6S2/c1-13-5-9-17(10-6-13)29(25,26)27-20-15(7-8-16-4-3-11-28-16)12-14(2)18(19(20)22)21(23)24/h3-12H,1-2H3. The van der Waals surface area contributed by atoms with Gasteiger partial charge in [0, 0.05) is 10.4 Å². The van der Waals surface area contributed by atoms with Gasteiger partial charge in [0.05, 0.1) is 10.6 Å². The third-order valence-electron chi connectivity index (χ3n) is 3.99. The summed E-state index contributed by atoms with van der Waals surface area (Å²) in [6, 6.07) is 10.8. The Bertz CT molecular complexity index is 1240. The number of pyridine rings is 1. The highest BCUT2D eigenvalue weighted by Gasteiger charge is 2.26. The van der Waals surface area contributed by atoms with E-state index in [2.05, 4.69) is 0 Å². The highest BCUT2D eigenvalue weighted by Crippen LogP contribution is 2.19. The molecule has 29 heavy (non-hydrogen) atoms. The van der Waals surface area contributed by atoms with Crippen LogP contribution in [0.2, 0.25) is 0 Å². The third kappa shape index (κ3) is 4.44. The minimum atomic E-state index is -4.39. The Morgan fingerprint density at radius 2 is 1.83 bits per heavy atom. The molecule has 0 amide bonds. The van der Waals surface area contributed by atoms with Crippen LogP contribution in [0.4, 0.5) is 5.69 Å². The van der Waals surface area contributed by atoms with Crippen LogP contribution in [0.3, 0.4) is 0 Å². The van der Waals surface area contributed by atoms with Crippen molar-refractivity contribution in [3.8, 4) is 0 Å². The molecule has 0 aliphatic heterocycles. The van der Waals surface area contributed by atoms with Gasteiger partial charge < -0.3 is 0 Å². The summed E-state index contributed by atoms with van der Waals surface area (Å²) in [4.78, 5) is 23.8. The summed E-state index contributed by atoms with van der Waals surface area (Å²) in [6.07, 6.45) is 3.12. The number of hydrogen-bond acceptors (Lipinski definition) is 7. The van der Waals surface area contributed by atoms with Gasteiger partial charge in [-0.3, -0.25) is 19.2 Å². The van der Waals surface area contributed by atoms with E-state index in [0.717, 1.165) is 10.4 Å². The van der Waals surface area contributed by atoms with Crippen LogP contribution >= 0.6 is 11.3 Å². The van der Waals surface area contributed by atoms with Crippen LogP contribution in [0.5, 0.6) is 0 Å². The van der Waals surface area contributed by atoms with Crippen molar-refractivity contribution >= 4 is 39.3 Å². The molecule has 0 fully saturated rings. The molecule has 2 heterocycles. The molecule has 0 saturated carbocycles. The zero-order valence-corrected chi connectivity index (χ0v) is 17.1. The average Bonchev–Trinajstić information content (AvgIpc) is 3.16. The van der Waals surface area contributed by atoms with E-state index in [9.17, 15) is 23.3 Å². The summed E-state index contributed by atoms with van der Waals surface area (Å²) >= 11 is 1.43. The molecule has 3 rings (SSSR count). The van der Waals surface area contributed by atoms with Crippen LogP contribution in [0, 0.1) is 24.0 Å². The molecule has 0 saturated heterocycles. The topological polar surface area (TPSA) is 109 Å². The number of aryl methyl sites for hydroxylation is 2. The lowest BCUT2D eigenvalue weighted by atomic mass is 10.2. The fourth-order valence-electron chi connectivity index (χ4n) is 2.55. The van der Waals surface area contributed by atoms with Gasteiger partial charge in [-0.1, -0.05) is 23.8 Å². The molecular formula is C19H16N2O6S2. The molecule has 0 bridgehead atoms. The van der Waals surface area contributed by atoms with Gasteiger partial charge in [-0.05, 0) is 55.6 Å². The molecule has 0 atom stereocenters. The number of benzene rings is 1. The maximum Gasteiger partial charge on any atom is 0.363 e. The van der Waals surface area contributed by atoms with Crippen molar-refractivity contribution in [3.63, 3.8) is 0 Å². The van der Waals surface area contributed by atoms with E-state index in [1.807, 2.05) is 17.5 Å². The lowest BCUT2D eigenvalue weighted by Gasteiger charge is -2.12. The van der Waals surface area contributed by atoms with Crippen LogP contribution in [0.1, 0.15) is 21.7 Å². The summed E-state index contributed by atoms with van der Waals surface area (Å²) in [5.74, 6) is 0. The van der Waals surface area contributed by atoms with Crippen LogP contribution in [0.25, 0.3) is 12.2 Å². The van der Waals surface area contributed by atoms with Crippen molar-refractivity contribution in [2.24, 2.45) is 0 Å². The molecule has 3 aromatic rings. The normalized spacial score (nSPS) is 11.7. The highest BCUT2D eigenvalue weighted by molar-refractivity contribution is 7.87. The van der Waals surface area contributed by atoms with Crippen molar-refractivity contribution in [3.05, 3.63) is 90.0 Å². The van der Waals surface area contributed by atoms with Gasteiger partial charge in [0.1, 0.15) is 4.90 Å². The Hall–Kier alpha value is -3.24. The summed E-state index contributed by atoms with van der Waals surface area (Å²) in [7, 11) is -4.39. The number of hydrogen-bond donors (Lipinski definition) is 0. The van der Waals surface area contributed by atoms with E-state index < -0.39 is 26.3 Å². The van der Waals surface area contributed by atoms with E-state index in [4.69, 9.17) is 4.28 Å². The van der Waals surface area contributed by atoms with E-state index >= 15 is 0 Å². The second-order valence-electron chi connectivity index (χ2n) is 6.15. The summed E-state index contributed by atoms with van der Waals surface area (Å²) in [6.45, 7) is 3.19. The molecule has 0 aliphatic rings. The van der Waals surface area contributed by atoms with Crippen molar-refractivity contribution in [2.45, 2.75) is 18.7 Å². The first kappa shape index (κ1) is 20.5. The average molecular weight is 432 g/mol. The second-order valence-corrected chi connectivity index (χ2v) is 8.66. The van der Waals surface area contributed by atoms with Crippen LogP contribution in [0.15, 0.2) is 57.5 Å². The molecule has 0 radical (unpaired) electrons. The Kier molecular flexibility index (Phi) is 5.66. The Balaban J connectivity index is 2.14. The minimum absolute atomic E-state index is 0.0576. The monoisotopic (exact) mass is 432 g/mol. The van der Waals surface area contributed by atoms with Gasteiger partial charge in [-0.25, -0.2) is 0 Å². The zero-order chi connectivity index (χ0) is 21.2. The van der Waals surface area contributed by atoms with Crippen molar-refractivity contribution in [1.29, 1.82) is 0 Å². The fraction of sp³-hybridized carbons (Fsp3) is 0.105. The van der Waals surface area contributed by atoms with E-state index in [0.29, 0.717) is 4.73 Å². The number of aromatic nitrogens is 1. The van der Waals surface area contributed by atoms with Crippen LogP contribution in [-0.2, 0) is 10.1 Å². The summed E-state index contributed by atoms with van der Waals surface area (Å²) in [5.41, 5.74) is -0.929. The quantitative estimate of drug-likeness (QED) is 0.436. The minimum Gasteiger partial charge on any atom is -0.280 e. The molecule has 150 valence electrons. The number of rotatable bonds is 6. The Morgan fingerprint density at radius 3 is 2.41 bits per heavy atom. The fourth-order valence-corrected chi connectivity index (χ4v) is 4.07. The molecule has 0 N–H and O–H groups in total. The zero-order valence-electron chi connectivity index (χ0n) is 15.4. The third-order valence-corrected chi connectivity index (χ3v) is 6.02. The van der Waals surface area contributed by atoms with Gasteiger partial charge >= 0.3 is 21.4 Å². The maximum atomic E-state index is 12.7. The number of nitro groups is 1. The largest absolute Gasteiger partial charge is 0.363 e.